The lowest BCUT2D eigenvalue weighted by molar-refractivity contribution is 0.0355. The molecule has 6 heteroatoms. The van der Waals surface area contributed by atoms with Gasteiger partial charge in [-0.3, -0.25) is 4.57 Å². The maximum absolute atomic E-state index is 12.0. The Morgan fingerprint density at radius 3 is 2.50 bits per heavy atom. The third kappa shape index (κ3) is 3.32. The van der Waals surface area contributed by atoms with Gasteiger partial charge in [-0.05, 0) is 19.1 Å². The second kappa shape index (κ2) is 6.01. The lowest BCUT2D eigenvalue weighted by Crippen LogP contribution is -2.22. The Balaban J connectivity index is 2.70. The Morgan fingerprint density at radius 1 is 1.38 bits per heavy atom. The molecule has 1 aromatic rings. The van der Waals surface area contributed by atoms with Crippen molar-refractivity contribution in [2.45, 2.75) is 6.92 Å². The molecule has 0 spiro atoms. The molecule has 16 heavy (non-hydrogen) atoms. The highest BCUT2D eigenvalue weighted by Crippen LogP contribution is 2.48. The van der Waals surface area contributed by atoms with Crippen LogP contribution in [0.5, 0.6) is 5.75 Å². The molecular formula is C10H16NO4P. The Kier molecular flexibility index (Phi) is 4.96. The van der Waals surface area contributed by atoms with Crippen LogP contribution in [0, 0.1) is 0 Å². The van der Waals surface area contributed by atoms with Crippen molar-refractivity contribution in [2.24, 2.45) is 0 Å². The van der Waals surface area contributed by atoms with Crippen molar-refractivity contribution in [1.29, 1.82) is 0 Å². The Hall–Kier alpha value is -0.870. The van der Waals surface area contributed by atoms with Gasteiger partial charge in [0, 0.05) is 7.05 Å². The molecule has 0 saturated carbocycles. The van der Waals surface area contributed by atoms with Gasteiger partial charge in [0.05, 0.1) is 6.61 Å². The highest BCUT2D eigenvalue weighted by Gasteiger charge is 2.29. The van der Waals surface area contributed by atoms with E-state index in [1.807, 2.05) is 6.07 Å². The lowest BCUT2D eigenvalue weighted by Gasteiger charge is -2.25. The summed E-state index contributed by atoms with van der Waals surface area (Å²) in [6.45, 7) is 1.96. The Bertz CT molecular complexity index is 357. The van der Waals surface area contributed by atoms with Gasteiger partial charge in [-0.2, -0.15) is 0 Å². The number of aliphatic hydroxyl groups is 1. The van der Waals surface area contributed by atoms with Crippen LogP contribution in [0.25, 0.3) is 0 Å². The number of hydroxylamine groups is 1. The standard InChI is InChI=1S/C10H16NO4P/c1-3-14-16(13,9-12)11(2)15-10-7-5-4-6-8-10/h4-8,12H,3,9H2,1-2H3. The maximum Gasteiger partial charge on any atom is 0.328 e. The van der Waals surface area contributed by atoms with Crippen LogP contribution < -0.4 is 4.84 Å². The Labute approximate surface area is 95.1 Å². The minimum absolute atomic E-state index is 0.250. The van der Waals surface area contributed by atoms with Gasteiger partial charge in [-0.25, -0.2) is 0 Å². The van der Waals surface area contributed by atoms with Gasteiger partial charge in [-0.1, -0.05) is 23.0 Å². The van der Waals surface area contributed by atoms with Gasteiger partial charge < -0.3 is 14.5 Å². The van der Waals surface area contributed by atoms with E-state index < -0.39 is 13.9 Å². The van der Waals surface area contributed by atoms with Crippen molar-refractivity contribution in [3.8, 4) is 5.75 Å². The van der Waals surface area contributed by atoms with Crippen LogP contribution >= 0.6 is 7.52 Å². The molecule has 0 aliphatic heterocycles. The van der Waals surface area contributed by atoms with Crippen LogP contribution in [0.1, 0.15) is 6.92 Å². The zero-order chi connectivity index (χ0) is 12.0. The highest BCUT2D eigenvalue weighted by molar-refractivity contribution is 7.56. The predicted molar refractivity (Wildman–Crippen MR) is 61.2 cm³/mol. The van der Waals surface area contributed by atoms with Crippen LogP contribution in [-0.2, 0) is 9.09 Å². The molecule has 0 bridgehead atoms. The van der Waals surface area contributed by atoms with E-state index in [9.17, 15) is 4.57 Å². The molecule has 0 heterocycles. The van der Waals surface area contributed by atoms with E-state index in [1.54, 1.807) is 31.2 Å². The molecule has 1 rings (SSSR count). The van der Waals surface area contributed by atoms with E-state index in [-0.39, 0.29) is 6.61 Å². The van der Waals surface area contributed by atoms with Gasteiger partial charge >= 0.3 is 7.52 Å². The van der Waals surface area contributed by atoms with E-state index in [0.717, 1.165) is 4.83 Å². The molecule has 5 nitrogen and oxygen atoms in total. The van der Waals surface area contributed by atoms with Crippen LogP contribution in [0.15, 0.2) is 30.3 Å². The van der Waals surface area contributed by atoms with Crippen LogP contribution in [0.3, 0.4) is 0 Å². The second-order valence-electron chi connectivity index (χ2n) is 3.07. The van der Waals surface area contributed by atoms with Crippen molar-refractivity contribution >= 4 is 7.52 Å². The zero-order valence-corrected chi connectivity index (χ0v) is 10.3. The fourth-order valence-corrected chi connectivity index (χ4v) is 2.15. The van der Waals surface area contributed by atoms with Crippen molar-refractivity contribution in [3.05, 3.63) is 30.3 Å². The average molecular weight is 245 g/mol. The highest BCUT2D eigenvalue weighted by atomic mass is 31.2. The summed E-state index contributed by atoms with van der Waals surface area (Å²) >= 11 is 0. The van der Waals surface area contributed by atoms with E-state index in [0.29, 0.717) is 5.75 Å². The topological polar surface area (TPSA) is 59.0 Å². The summed E-state index contributed by atoms with van der Waals surface area (Å²) in [4.78, 5) is 6.38. The minimum atomic E-state index is -3.29. The first-order valence-corrected chi connectivity index (χ1v) is 6.70. The predicted octanol–water partition coefficient (Wildman–Crippen LogP) is 2.09. The molecule has 1 N–H and O–H groups in total. The maximum atomic E-state index is 12.0. The third-order valence-corrected chi connectivity index (χ3v) is 3.88. The number of hydrogen-bond acceptors (Lipinski definition) is 4. The molecule has 1 atom stereocenters. The van der Waals surface area contributed by atoms with Crippen molar-refractivity contribution < 1.29 is 19.0 Å². The van der Waals surface area contributed by atoms with Crippen molar-refractivity contribution in [3.63, 3.8) is 0 Å². The summed E-state index contributed by atoms with van der Waals surface area (Å²) < 4.78 is 17.0. The van der Waals surface area contributed by atoms with Crippen LogP contribution in [0.2, 0.25) is 0 Å². The normalized spacial score (nSPS) is 14.8. The number of rotatable bonds is 6. The molecule has 0 fully saturated rings. The smallest absolute Gasteiger partial charge is 0.328 e. The summed E-state index contributed by atoms with van der Waals surface area (Å²) in [5.74, 6) is 0.540. The fraction of sp³-hybridized carbons (Fsp3) is 0.400. The summed E-state index contributed by atoms with van der Waals surface area (Å²) in [7, 11) is -1.82. The van der Waals surface area contributed by atoms with E-state index in [2.05, 4.69) is 0 Å². The van der Waals surface area contributed by atoms with Gasteiger partial charge in [-0.15, -0.1) is 0 Å². The monoisotopic (exact) mass is 245 g/mol. The number of aliphatic hydroxyl groups excluding tert-OH is 1. The van der Waals surface area contributed by atoms with Crippen molar-refractivity contribution in [1.82, 2.24) is 4.83 Å². The number of nitrogens with zero attached hydrogens (tertiary/aromatic N) is 1. The van der Waals surface area contributed by atoms with Crippen LogP contribution in [0.4, 0.5) is 0 Å². The molecule has 0 amide bonds. The van der Waals surface area contributed by atoms with Gasteiger partial charge in [0.25, 0.3) is 0 Å². The molecule has 0 aliphatic carbocycles. The molecule has 0 radical (unpaired) electrons. The first-order valence-electron chi connectivity index (χ1n) is 4.94. The summed E-state index contributed by atoms with van der Waals surface area (Å²) in [6, 6.07) is 8.90. The summed E-state index contributed by atoms with van der Waals surface area (Å²) in [6.07, 6.45) is -0.579. The minimum Gasteiger partial charge on any atom is -0.398 e. The van der Waals surface area contributed by atoms with E-state index in [1.165, 1.54) is 7.05 Å². The van der Waals surface area contributed by atoms with E-state index >= 15 is 0 Å². The fourth-order valence-electron chi connectivity index (χ4n) is 1.11. The molecular weight excluding hydrogens is 229 g/mol. The molecule has 90 valence electrons. The summed E-state index contributed by atoms with van der Waals surface area (Å²) in [5, 5.41) is 9.06. The average Bonchev–Trinajstić information content (AvgIpc) is 2.30. The lowest BCUT2D eigenvalue weighted by atomic mass is 10.3. The molecule has 1 unspecified atom stereocenters. The van der Waals surface area contributed by atoms with E-state index in [4.69, 9.17) is 14.5 Å². The first-order chi connectivity index (χ1) is 7.62. The molecule has 0 aromatic heterocycles. The summed E-state index contributed by atoms with van der Waals surface area (Å²) in [5.41, 5.74) is 0. The molecule has 1 aromatic carbocycles. The second-order valence-corrected chi connectivity index (χ2v) is 5.44. The molecule has 0 aliphatic rings. The van der Waals surface area contributed by atoms with Crippen molar-refractivity contribution in [2.75, 3.05) is 20.0 Å². The Morgan fingerprint density at radius 2 is 2.00 bits per heavy atom. The molecule has 0 saturated heterocycles. The number of hydrogen-bond donors (Lipinski definition) is 1. The zero-order valence-electron chi connectivity index (χ0n) is 9.37. The quantitative estimate of drug-likeness (QED) is 0.614. The third-order valence-electron chi connectivity index (χ3n) is 1.92. The largest absolute Gasteiger partial charge is 0.398 e. The number of para-hydroxylation sites is 1. The van der Waals surface area contributed by atoms with Gasteiger partial charge in [0.1, 0.15) is 12.1 Å². The van der Waals surface area contributed by atoms with Gasteiger partial charge in [0.15, 0.2) is 0 Å². The van der Waals surface area contributed by atoms with Gasteiger partial charge in [0.2, 0.25) is 0 Å². The first kappa shape index (κ1) is 13.2. The van der Waals surface area contributed by atoms with Crippen LogP contribution in [-0.4, -0.2) is 29.9 Å². The SMILES string of the molecule is CCOP(=O)(CO)N(C)Oc1ccccc1. The number of benzene rings is 1.